The van der Waals surface area contributed by atoms with Crippen LogP contribution >= 0.6 is 15.9 Å². The number of hydrogen-bond acceptors (Lipinski definition) is 4. The Kier molecular flexibility index (Phi) is 4.41. The maximum absolute atomic E-state index is 12.7. The van der Waals surface area contributed by atoms with Crippen LogP contribution in [0.15, 0.2) is 68.7 Å². The van der Waals surface area contributed by atoms with Crippen molar-refractivity contribution in [3.8, 4) is 0 Å². The third-order valence-electron chi connectivity index (χ3n) is 4.28. The molecular formula is C19H16BrN5O2. The first-order chi connectivity index (χ1) is 13.0. The zero-order valence-electron chi connectivity index (χ0n) is 14.4. The molecule has 0 radical (unpaired) electrons. The van der Waals surface area contributed by atoms with E-state index < -0.39 is 11.2 Å². The summed E-state index contributed by atoms with van der Waals surface area (Å²) < 4.78 is 3.72. The molecule has 0 amide bonds. The van der Waals surface area contributed by atoms with Crippen molar-refractivity contribution in [1.29, 1.82) is 0 Å². The summed E-state index contributed by atoms with van der Waals surface area (Å²) in [7, 11) is 1.44. The third kappa shape index (κ3) is 3.31. The van der Waals surface area contributed by atoms with Gasteiger partial charge in [-0.05, 0) is 29.8 Å². The summed E-state index contributed by atoms with van der Waals surface area (Å²) in [5, 5.41) is 8.08. The second-order valence-electron chi connectivity index (χ2n) is 6.14. The summed E-state index contributed by atoms with van der Waals surface area (Å²) >= 11 is 3.42. The van der Waals surface area contributed by atoms with Crippen LogP contribution in [0.5, 0.6) is 0 Å². The van der Waals surface area contributed by atoms with Crippen molar-refractivity contribution in [3.63, 3.8) is 0 Å². The molecule has 0 aliphatic rings. The number of nitrogens with one attached hydrogen (secondary N) is 2. The molecule has 0 atom stereocenters. The monoisotopic (exact) mass is 425 g/mol. The second-order valence-corrected chi connectivity index (χ2v) is 7.06. The maximum Gasteiger partial charge on any atom is 0.329 e. The van der Waals surface area contributed by atoms with Gasteiger partial charge in [0.1, 0.15) is 11.2 Å². The lowest BCUT2D eigenvalue weighted by atomic mass is 10.2. The summed E-state index contributed by atoms with van der Waals surface area (Å²) in [5.74, 6) is 0.538. The number of aromatic nitrogens is 4. The molecule has 0 aliphatic heterocycles. The molecular weight excluding hydrogens is 410 g/mol. The van der Waals surface area contributed by atoms with E-state index in [1.54, 1.807) is 4.68 Å². The van der Waals surface area contributed by atoms with Gasteiger partial charge in [0.15, 0.2) is 5.65 Å². The Bertz CT molecular complexity index is 1220. The molecule has 0 fully saturated rings. The van der Waals surface area contributed by atoms with Crippen LogP contribution in [0, 0.1) is 0 Å². The molecule has 0 bridgehead atoms. The van der Waals surface area contributed by atoms with Crippen molar-refractivity contribution in [2.24, 2.45) is 7.05 Å². The number of para-hydroxylation sites is 1. The lowest BCUT2D eigenvalue weighted by Crippen LogP contribution is -2.32. The molecule has 7 nitrogen and oxygen atoms in total. The van der Waals surface area contributed by atoms with Crippen molar-refractivity contribution >= 4 is 38.5 Å². The van der Waals surface area contributed by atoms with Gasteiger partial charge in [0.2, 0.25) is 0 Å². The molecule has 2 heterocycles. The Hall–Kier alpha value is -3.13. The fraction of sp³-hybridized carbons (Fsp3) is 0.105. The van der Waals surface area contributed by atoms with Gasteiger partial charge in [-0.1, -0.05) is 46.3 Å². The van der Waals surface area contributed by atoms with E-state index in [9.17, 15) is 9.59 Å². The Morgan fingerprint density at radius 3 is 2.48 bits per heavy atom. The van der Waals surface area contributed by atoms with Gasteiger partial charge in [0, 0.05) is 17.2 Å². The smallest absolute Gasteiger partial charge is 0.329 e. The fourth-order valence-corrected chi connectivity index (χ4v) is 3.12. The number of halogens is 1. The molecule has 4 rings (SSSR count). The van der Waals surface area contributed by atoms with Gasteiger partial charge in [-0.2, -0.15) is 5.10 Å². The second kappa shape index (κ2) is 6.88. The first-order valence-corrected chi connectivity index (χ1v) is 9.08. The number of fused-ring (bicyclic) bond motifs is 1. The largest absolute Gasteiger partial charge is 0.340 e. The number of anilines is 2. The van der Waals surface area contributed by atoms with Crippen molar-refractivity contribution in [2.45, 2.75) is 6.54 Å². The molecule has 0 saturated heterocycles. The minimum Gasteiger partial charge on any atom is -0.340 e. The summed E-state index contributed by atoms with van der Waals surface area (Å²) in [6.07, 6.45) is 0. The molecule has 136 valence electrons. The summed E-state index contributed by atoms with van der Waals surface area (Å²) in [6, 6.07) is 17.4. The fourth-order valence-electron chi connectivity index (χ4n) is 2.86. The van der Waals surface area contributed by atoms with Gasteiger partial charge < -0.3 is 5.32 Å². The molecule has 2 aromatic carbocycles. The van der Waals surface area contributed by atoms with Gasteiger partial charge in [0.25, 0.3) is 5.56 Å². The molecule has 27 heavy (non-hydrogen) atoms. The van der Waals surface area contributed by atoms with Crippen LogP contribution in [-0.2, 0) is 13.6 Å². The van der Waals surface area contributed by atoms with E-state index in [-0.39, 0.29) is 5.65 Å². The topological polar surface area (TPSA) is 84.7 Å². The number of H-pyrrole nitrogens is 1. The Morgan fingerprint density at radius 2 is 1.78 bits per heavy atom. The van der Waals surface area contributed by atoms with Crippen LogP contribution < -0.4 is 16.6 Å². The van der Waals surface area contributed by atoms with Gasteiger partial charge in [-0.25, -0.2) is 9.48 Å². The highest BCUT2D eigenvalue weighted by molar-refractivity contribution is 9.10. The quantitative estimate of drug-likeness (QED) is 0.526. The molecule has 2 N–H and O–H groups in total. The minimum atomic E-state index is -0.493. The van der Waals surface area contributed by atoms with Crippen molar-refractivity contribution < 1.29 is 0 Å². The number of nitrogens with zero attached hydrogens (tertiary/aromatic N) is 3. The van der Waals surface area contributed by atoms with Gasteiger partial charge in [-0.3, -0.25) is 14.3 Å². The molecule has 0 unspecified atom stereocenters. The zero-order valence-corrected chi connectivity index (χ0v) is 16.0. The molecule has 0 spiro atoms. The van der Waals surface area contributed by atoms with E-state index in [0.29, 0.717) is 17.7 Å². The Balaban J connectivity index is 1.89. The lowest BCUT2D eigenvalue weighted by molar-refractivity contribution is 0.700. The molecule has 8 heteroatoms. The standard InChI is InChI=1S/C19H16BrN5O2/c1-24-18(26)15-16(22-19(24)27)23-25(11-12-7-9-13(20)10-8-12)17(15)21-14-5-3-2-4-6-14/h2-10,21H,11H2,1H3,(H,22,23,27). The minimum absolute atomic E-state index is 0.263. The number of benzene rings is 2. The van der Waals surface area contributed by atoms with Gasteiger partial charge in [-0.15, -0.1) is 0 Å². The van der Waals surface area contributed by atoms with Crippen LogP contribution in [0.2, 0.25) is 0 Å². The van der Waals surface area contributed by atoms with Crippen molar-refractivity contribution in [2.75, 3.05) is 5.32 Å². The summed E-state index contributed by atoms with van der Waals surface area (Å²) in [4.78, 5) is 27.3. The molecule has 0 aliphatic carbocycles. The van der Waals surface area contributed by atoms with E-state index in [0.717, 1.165) is 20.3 Å². The van der Waals surface area contributed by atoms with Crippen molar-refractivity contribution in [1.82, 2.24) is 19.3 Å². The van der Waals surface area contributed by atoms with E-state index in [2.05, 4.69) is 31.3 Å². The maximum atomic E-state index is 12.7. The van der Waals surface area contributed by atoms with Crippen molar-refractivity contribution in [3.05, 3.63) is 85.5 Å². The van der Waals surface area contributed by atoms with E-state index >= 15 is 0 Å². The van der Waals surface area contributed by atoms with Crippen LogP contribution in [0.1, 0.15) is 5.56 Å². The molecule has 2 aromatic heterocycles. The number of rotatable bonds is 4. The van der Waals surface area contributed by atoms with Crippen LogP contribution in [0.4, 0.5) is 11.5 Å². The number of aromatic amines is 1. The first-order valence-electron chi connectivity index (χ1n) is 8.29. The van der Waals surface area contributed by atoms with Gasteiger partial charge >= 0.3 is 5.69 Å². The highest BCUT2D eigenvalue weighted by Gasteiger charge is 2.18. The summed E-state index contributed by atoms with van der Waals surface area (Å²) in [5.41, 5.74) is 1.21. The number of hydrogen-bond donors (Lipinski definition) is 2. The molecule has 4 aromatic rings. The SMILES string of the molecule is Cn1c(=O)[nH]c2nn(Cc3ccc(Br)cc3)c(Nc3ccccc3)c2c1=O. The van der Waals surface area contributed by atoms with Crippen LogP contribution in [0.3, 0.4) is 0 Å². The predicted molar refractivity (Wildman–Crippen MR) is 109 cm³/mol. The first kappa shape index (κ1) is 17.3. The summed E-state index contributed by atoms with van der Waals surface area (Å²) in [6.45, 7) is 0.447. The average Bonchev–Trinajstić information content (AvgIpc) is 2.99. The third-order valence-corrected chi connectivity index (χ3v) is 4.81. The molecule has 0 saturated carbocycles. The predicted octanol–water partition coefficient (Wildman–Crippen LogP) is 2.98. The Labute approximate surface area is 162 Å². The zero-order chi connectivity index (χ0) is 19.0. The lowest BCUT2D eigenvalue weighted by Gasteiger charge is -2.10. The van der Waals surface area contributed by atoms with E-state index in [1.165, 1.54) is 7.05 Å². The van der Waals surface area contributed by atoms with Gasteiger partial charge in [0.05, 0.1) is 6.54 Å². The average molecular weight is 426 g/mol. The van der Waals surface area contributed by atoms with E-state index in [1.807, 2.05) is 54.6 Å². The Morgan fingerprint density at radius 1 is 1.07 bits per heavy atom. The van der Waals surface area contributed by atoms with Crippen LogP contribution in [-0.4, -0.2) is 19.3 Å². The highest BCUT2D eigenvalue weighted by Crippen LogP contribution is 2.24. The highest BCUT2D eigenvalue weighted by atomic mass is 79.9. The van der Waals surface area contributed by atoms with Crippen LogP contribution in [0.25, 0.3) is 11.0 Å². The van der Waals surface area contributed by atoms with E-state index in [4.69, 9.17) is 0 Å². The normalized spacial score (nSPS) is 11.0.